The highest BCUT2D eigenvalue weighted by Crippen LogP contribution is 1.99. The molecule has 0 aliphatic rings. The number of hydrogen-bond acceptors (Lipinski definition) is 3. The predicted molar refractivity (Wildman–Crippen MR) is 39.7 cm³/mol. The molecule has 0 saturated heterocycles. The maximum absolute atomic E-state index is 11.5. The van der Waals surface area contributed by atoms with Crippen molar-refractivity contribution in [1.29, 1.82) is 0 Å². The highest BCUT2D eigenvalue weighted by atomic mass is 19.1. The fourth-order valence-electron chi connectivity index (χ4n) is 0.682. The zero-order chi connectivity index (χ0) is 8.53. The average molecular weight is 161 g/mol. The van der Waals surface area contributed by atoms with Crippen molar-refractivity contribution in [2.75, 3.05) is 6.67 Å². The third-order valence-corrected chi connectivity index (χ3v) is 1.27. The number of ketones is 1. The van der Waals surface area contributed by atoms with Gasteiger partial charge in [-0.25, -0.2) is 4.39 Å². The molecule has 1 N–H and O–H groups in total. The molecule has 0 bridgehead atoms. The maximum atomic E-state index is 11.5. The molecule has 0 saturated carbocycles. The Labute approximate surface area is 64.9 Å². The Bertz CT molecular complexity index is 136. The summed E-state index contributed by atoms with van der Waals surface area (Å²) < 4.78 is 11.5. The van der Waals surface area contributed by atoms with Gasteiger partial charge in [-0.1, -0.05) is 0 Å². The lowest BCUT2D eigenvalue weighted by Gasteiger charge is -1.93. The zero-order valence-corrected chi connectivity index (χ0v) is 6.29. The van der Waals surface area contributed by atoms with Crippen molar-refractivity contribution < 1.29 is 14.4 Å². The summed E-state index contributed by atoms with van der Waals surface area (Å²) in [5.74, 6) is -0.356. The summed E-state index contributed by atoms with van der Waals surface area (Å²) in [5.41, 5.74) is 0. The monoisotopic (exact) mass is 161 g/mol. The topological polar surface area (TPSA) is 49.7 Å². The molecule has 0 atom stereocenters. The van der Waals surface area contributed by atoms with Gasteiger partial charge in [0, 0.05) is 12.6 Å². The van der Waals surface area contributed by atoms with Gasteiger partial charge in [0.2, 0.25) is 0 Å². The van der Waals surface area contributed by atoms with Crippen LogP contribution in [0.5, 0.6) is 0 Å². The lowest BCUT2D eigenvalue weighted by atomic mass is 10.1. The number of halogens is 1. The number of alkyl halides is 1. The summed E-state index contributed by atoms with van der Waals surface area (Å²) in [6.45, 7) is -0.867. The minimum atomic E-state index is -0.867. The van der Waals surface area contributed by atoms with Crippen LogP contribution in [0, 0.1) is 0 Å². The number of Topliss-reactive ketones (excluding diaryl/α,β-unsaturated/α-hetero) is 1. The number of hydrogen-bond donors (Lipinski definition) is 1. The molecule has 0 rings (SSSR count). The first-order chi connectivity index (χ1) is 5.31. The van der Waals surface area contributed by atoms with Crippen molar-refractivity contribution in [3.05, 3.63) is 0 Å². The van der Waals surface area contributed by atoms with E-state index in [1.807, 2.05) is 0 Å². The predicted octanol–water partition coefficient (Wildman–Crippen LogP) is 1.55. The number of nitrogens with zero attached hydrogens (tertiary/aromatic N) is 1. The van der Waals surface area contributed by atoms with Gasteiger partial charge in [0.1, 0.15) is 6.67 Å². The van der Waals surface area contributed by atoms with Crippen LogP contribution in [0.3, 0.4) is 0 Å². The van der Waals surface area contributed by atoms with Crippen molar-refractivity contribution >= 4 is 12.0 Å². The molecule has 0 amide bonds. The van der Waals surface area contributed by atoms with E-state index in [9.17, 15) is 9.18 Å². The molecule has 0 heterocycles. The fraction of sp³-hybridized carbons (Fsp3) is 0.714. The minimum Gasteiger partial charge on any atom is -0.411 e. The fourth-order valence-corrected chi connectivity index (χ4v) is 0.682. The van der Waals surface area contributed by atoms with E-state index in [-0.39, 0.29) is 12.2 Å². The second-order valence-electron chi connectivity index (χ2n) is 2.22. The van der Waals surface area contributed by atoms with Gasteiger partial charge in [-0.05, 0) is 19.3 Å². The number of oxime groups is 1. The summed E-state index contributed by atoms with van der Waals surface area (Å²) in [5, 5.41) is 10.8. The van der Waals surface area contributed by atoms with Crippen molar-refractivity contribution in [3.63, 3.8) is 0 Å². The van der Waals surface area contributed by atoms with Gasteiger partial charge in [-0.2, -0.15) is 0 Å². The first-order valence-corrected chi connectivity index (χ1v) is 3.54. The summed E-state index contributed by atoms with van der Waals surface area (Å²) in [6, 6.07) is 0. The Kier molecular flexibility index (Phi) is 6.57. The van der Waals surface area contributed by atoms with E-state index in [2.05, 4.69) is 5.16 Å². The van der Waals surface area contributed by atoms with Gasteiger partial charge in [0.15, 0.2) is 5.78 Å². The van der Waals surface area contributed by atoms with Crippen molar-refractivity contribution in [2.45, 2.75) is 25.7 Å². The van der Waals surface area contributed by atoms with Crippen molar-refractivity contribution in [2.24, 2.45) is 5.16 Å². The third-order valence-electron chi connectivity index (χ3n) is 1.27. The molecule has 0 radical (unpaired) electrons. The molecular formula is C7H12FNO2. The molecular weight excluding hydrogens is 149 g/mol. The third kappa shape index (κ3) is 6.96. The van der Waals surface area contributed by atoms with E-state index in [1.165, 1.54) is 6.21 Å². The highest BCUT2D eigenvalue weighted by molar-refractivity contribution is 5.79. The second-order valence-corrected chi connectivity index (χ2v) is 2.22. The van der Waals surface area contributed by atoms with Crippen molar-refractivity contribution in [1.82, 2.24) is 0 Å². The van der Waals surface area contributed by atoms with Crippen LogP contribution in [-0.2, 0) is 4.79 Å². The first kappa shape index (κ1) is 10.1. The summed E-state index contributed by atoms with van der Waals surface area (Å²) in [6.07, 6.45) is 3.70. The second kappa shape index (κ2) is 7.18. The Morgan fingerprint density at radius 3 is 2.82 bits per heavy atom. The first-order valence-electron chi connectivity index (χ1n) is 3.54. The molecule has 4 heteroatoms. The van der Waals surface area contributed by atoms with Gasteiger partial charge in [0.05, 0.1) is 0 Å². The van der Waals surface area contributed by atoms with E-state index in [1.54, 1.807) is 0 Å². The molecule has 3 nitrogen and oxygen atoms in total. The van der Waals surface area contributed by atoms with Crippen LogP contribution in [0.1, 0.15) is 25.7 Å². The van der Waals surface area contributed by atoms with Crippen molar-refractivity contribution in [3.8, 4) is 0 Å². The molecule has 0 aliphatic carbocycles. The number of rotatable bonds is 6. The van der Waals surface area contributed by atoms with Crippen LogP contribution in [-0.4, -0.2) is 23.9 Å². The van der Waals surface area contributed by atoms with Crippen LogP contribution < -0.4 is 0 Å². The number of carbonyl (C=O) groups is 1. The van der Waals surface area contributed by atoms with Crippen LogP contribution in [0.4, 0.5) is 4.39 Å². The smallest absolute Gasteiger partial charge is 0.163 e. The molecule has 0 fully saturated rings. The van der Waals surface area contributed by atoms with E-state index < -0.39 is 6.67 Å². The quantitative estimate of drug-likeness (QED) is 0.278. The van der Waals surface area contributed by atoms with Crippen LogP contribution >= 0.6 is 0 Å². The molecule has 64 valence electrons. The Balaban J connectivity index is 3.08. The normalized spacial score (nSPS) is 10.6. The van der Waals surface area contributed by atoms with Crippen LogP contribution in [0.15, 0.2) is 5.16 Å². The lowest BCUT2D eigenvalue weighted by Crippen LogP contribution is -1.98. The van der Waals surface area contributed by atoms with E-state index in [0.717, 1.165) is 6.42 Å². The van der Waals surface area contributed by atoms with Crippen LogP contribution in [0.2, 0.25) is 0 Å². The van der Waals surface area contributed by atoms with Gasteiger partial charge in [-0.15, -0.1) is 5.16 Å². The molecule has 0 unspecified atom stereocenters. The molecule has 0 aromatic carbocycles. The summed E-state index contributed by atoms with van der Waals surface area (Å²) in [4.78, 5) is 10.4. The van der Waals surface area contributed by atoms with E-state index in [4.69, 9.17) is 5.21 Å². The van der Waals surface area contributed by atoms with Gasteiger partial charge in [-0.3, -0.25) is 4.79 Å². The van der Waals surface area contributed by atoms with E-state index >= 15 is 0 Å². The summed E-state index contributed by atoms with van der Waals surface area (Å²) in [7, 11) is 0. The summed E-state index contributed by atoms with van der Waals surface area (Å²) >= 11 is 0. The number of carbonyl (C=O) groups excluding carboxylic acids is 1. The number of unbranched alkanes of at least 4 members (excludes halogenated alkanes) is 2. The van der Waals surface area contributed by atoms with Gasteiger partial charge >= 0.3 is 0 Å². The molecule has 0 aliphatic heterocycles. The highest BCUT2D eigenvalue weighted by Gasteiger charge is 1.98. The minimum absolute atomic E-state index is 0.287. The van der Waals surface area contributed by atoms with Gasteiger partial charge < -0.3 is 5.21 Å². The molecule has 11 heavy (non-hydrogen) atoms. The lowest BCUT2D eigenvalue weighted by molar-refractivity contribution is -0.120. The Hall–Kier alpha value is -0.930. The van der Waals surface area contributed by atoms with Crippen LogP contribution in [0.25, 0.3) is 0 Å². The SMILES string of the molecule is O=C(CF)CCCCC=NO. The standard InChI is InChI=1S/C7H12FNO2/c8-6-7(10)4-2-1-3-5-9-11/h5,11H,1-4,6H2. The zero-order valence-electron chi connectivity index (χ0n) is 6.29. The maximum Gasteiger partial charge on any atom is 0.163 e. The molecule has 0 aromatic heterocycles. The van der Waals surface area contributed by atoms with Gasteiger partial charge in [0.25, 0.3) is 0 Å². The molecule has 0 spiro atoms. The largest absolute Gasteiger partial charge is 0.411 e. The van der Waals surface area contributed by atoms with E-state index in [0.29, 0.717) is 12.8 Å². The Morgan fingerprint density at radius 1 is 1.55 bits per heavy atom. The Morgan fingerprint density at radius 2 is 2.27 bits per heavy atom. The molecule has 0 aromatic rings. The average Bonchev–Trinajstić information content (AvgIpc) is 2.04.